The topological polar surface area (TPSA) is 138 Å². The number of nitrogens with zero attached hydrogens (tertiary/aromatic N) is 3. The lowest BCUT2D eigenvalue weighted by Crippen LogP contribution is -2.55. The number of amides is 4. The standard InChI is InChI=1S/C28H35N5O6S/c1-5-17-14-22(17)33(26(35)31-40(37,38)20-10-11-20)25(34)23-15-19(16-32(23)27(36)39-28(2,3)4)30-24-21-9-7-6-8-18(21)12-13-29-24/h5-9,12-13,17,19-20,22-23H,1,10-11,14-16H2,2-4H3,(H,29,30)(H,31,35). The third-order valence-corrected chi connectivity index (χ3v) is 9.12. The van der Waals surface area contributed by atoms with E-state index >= 15 is 0 Å². The highest BCUT2D eigenvalue weighted by molar-refractivity contribution is 7.90. The minimum absolute atomic E-state index is 0.127. The number of sulfonamides is 1. The molecule has 4 atom stereocenters. The van der Waals surface area contributed by atoms with Gasteiger partial charge in [0.1, 0.15) is 17.5 Å². The van der Waals surface area contributed by atoms with Crippen LogP contribution in [-0.2, 0) is 19.6 Å². The van der Waals surface area contributed by atoms with Crippen LogP contribution in [0.3, 0.4) is 0 Å². The summed E-state index contributed by atoms with van der Waals surface area (Å²) in [5.41, 5.74) is -0.812. The number of likely N-dealkylation sites (tertiary alicyclic amines) is 1. The van der Waals surface area contributed by atoms with Gasteiger partial charge >= 0.3 is 12.1 Å². The van der Waals surface area contributed by atoms with Crippen LogP contribution in [0.2, 0.25) is 0 Å². The second kappa shape index (κ2) is 10.4. The largest absolute Gasteiger partial charge is 0.444 e. The van der Waals surface area contributed by atoms with E-state index in [4.69, 9.17) is 4.74 Å². The molecule has 12 heteroatoms. The molecule has 40 heavy (non-hydrogen) atoms. The van der Waals surface area contributed by atoms with Crippen LogP contribution in [-0.4, -0.2) is 76.8 Å². The van der Waals surface area contributed by atoms with Crippen molar-refractivity contribution in [3.8, 4) is 0 Å². The first-order valence-corrected chi connectivity index (χ1v) is 15.0. The van der Waals surface area contributed by atoms with Gasteiger partial charge in [-0.25, -0.2) is 27.7 Å². The Balaban J connectivity index is 1.42. The highest BCUT2D eigenvalue weighted by atomic mass is 32.2. The zero-order chi connectivity index (χ0) is 28.8. The van der Waals surface area contributed by atoms with Crippen LogP contribution < -0.4 is 10.0 Å². The Bertz CT molecular complexity index is 1450. The van der Waals surface area contributed by atoms with E-state index in [0.29, 0.717) is 25.1 Å². The van der Waals surface area contributed by atoms with Crippen molar-refractivity contribution in [1.29, 1.82) is 0 Å². The molecule has 1 saturated heterocycles. The average Bonchev–Trinajstić information content (AvgIpc) is 3.81. The van der Waals surface area contributed by atoms with Crippen molar-refractivity contribution in [3.05, 3.63) is 49.2 Å². The highest BCUT2D eigenvalue weighted by Gasteiger charge is 2.52. The number of pyridine rings is 1. The summed E-state index contributed by atoms with van der Waals surface area (Å²) in [5.74, 6) is -0.193. The number of anilines is 1. The molecule has 2 N–H and O–H groups in total. The summed E-state index contributed by atoms with van der Waals surface area (Å²) in [5, 5.41) is 4.61. The molecular formula is C28H35N5O6S. The van der Waals surface area contributed by atoms with Crippen molar-refractivity contribution >= 4 is 44.6 Å². The maximum atomic E-state index is 14.0. The molecule has 3 aliphatic rings. The summed E-state index contributed by atoms with van der Waals surface area (Å²) in [6.45, 7) is 9.08. The number of urea groups is 1. The van der Waals surface area contributed by atoms with Crippen molar-refractivity contribution in [2.45, 2.75) is 75.4 Å². The Morgan fingerprint density at radius 1 is 1.15 bits per heavy atom. The van der Waals surface area contributed by atoms with Crippen molar-refractivity contribution < 1.29 is 27.5 Å². The van der Waals surface area contributed by atoms with Gasteiger partial charge < -0.3 is 10.1 Å². The van der Waals surface area contributed by atoms with E-state index in [0.717, 1.165) is 15.7 Å². The molecule has 0 radical (unpaired) electrons. The van der Waals surface area contributed by atoms with Crippen molar-refractivity contribution in [3.63, 3.8) is 0 Å². The molecule has 0 spiro atoms. The van der Waals surface area contributed by atoms with Gasteiger partial charge in [0.2, 0.25) is 10.0 Å². The Kier molecular flexibility index (Phi) is 7.24. The minimum Gasteiger partial charge on any atom is -0.444 e. The van der Waals surface area contributed by atoms with Gasteiger partial charge in [-0.15, -0.1) is 6.58 Å². The maximum absolute atomic E-state index is 14.0. The molecule has 3 fully saturated rings. The lowest BCUT2D eigenvalue weighted by atomic mass is 10.1. The summed E-state index contributed by atoms with van der Waals surface area (Å²) in [7, 11) is -3.89. The molecule has 4 amide bonds. The Hall–Kier alpha value is -3.67. The van der Waals surface area contributed by atoms with Crippen LogP contribution in [0.4, 0.5) is 15.4 Å². The lowest BCUT2D eigenvalue weighted by Gasteiger charge is -2.31. The zero-order valence-corrected chi connectivity index (χ0v) is 23.7. The Morgan fingerprint density at radius 3 is 2.52 bits per heavy atom. The van der Waals surface area contributed by atoms with E-state index in [9.17, 15) is 22.8 Å². The van der Waals surface area contributed by atoms with Gasteiger partial charge in [-0.3, -0.25) is 14.6 Å². The quantitative estimate of drug-likeness (QED) is 0.482. The van der Waals surface area contributed by atoms with Crippen molar-refractivity contribution in [2.24, 2.45) is 5.92 Å². The van der Waals surface area contributed by atoms with Crippen LogP contribution >= 0.6 is 0 Å². The van der Waals surface area contributed by atoms with E-state index < -0.39 is 51.0 Å². The molecule has 214 valence electrons. The van der Waals surface area contributed by atoms with E-state index in [1.165, 1.54) is 4.90 Å². The number of rotatable bonds is 7. The van der Waals surface area contributed by atoms with Crippen molar-refractivity contribution in [1.82, 2.24) is 19.5 Å². The van der Waals surface area contributed by atoms with Gasteiger partial charge in [-0.1, -0.05) is 30.3 Å². The Morgan fingerprint density at radius 2 is 1.88 bits per heavy atom. The highest BCUT2D eigenvalue weighted by Crippen LogP contribution is 2.39. The molecule has 1 aromatic carbocycles. The summed E-state index contributed by atoms with van der Waals surface area (Å²) < 4.78 is 32.8. The normalized spacial score (nSPS) is 24.3. The number of aromatic nitrogens is 1. The number of benzene rings is 1. The van der Waals surface area contributed by atoms with Crippen molar-refractivity contribution in [2.75, 3.05) is 11.9 Å². The number of carbonyl (C=O) groups excluding carboxylic acids is 3. The number of hydrogen-bond acceptors (Lipinski definition) is 8. The van der Waals surface area contributed by atoms with Gasteiger partial charge in [0.25, 0.3) is 5.91 Å². The summed E-state index contributed by atoms with van der Waals surface area (Å²) in [6, 6.07) is 6.66. The molecular weight excluding hydrogens is 534 g/mol. The first kappa shape index (κ1) is 27.9. The monoisotopic (exact) mass is 569 g/mol. The third-order valence-electron chi connectivity index (χ3n) is 7.32. The number of ether oxygens (including phenoxy) is 1. The van der Waals surface area contributed by atoms with Crippen LogP contribution in [0.15, 0.2) is 49.2 Å². The first-order valence-electron chi connectivity index (χ1n) is 13.5. The zero-order valence-electron chi connectivity index (χ0n) is 22.9. The van der Waals surface area contributed by atoms with Crippen LogP contribution in [0.5, 0.6) is 0 Å². The molecule has 2 saturated carbocycles. The van der Waals surface area contributed by atoms with E-state index in [1.807, 2.05) is 30.3 Å². The number of hydrogen-bond donors (Lipinski definition) is 2. The second-order valence-corrected chi connectivity index (χ2v) is 13.6. The fraction of sp³-hybridized carbons (Fsp3) is 0.500. The minimum atomic E-state index is -3.89. The molecule has 2 aromatic rings. The van der Waals surface area contributed by atoms with Gasteiger partial charge in [-0.05, 0) is 63.8 Å². The molecule has 4 unspecified atom stereocenters. The lowest BCUT2D eigenvalue weighted by molar-refractivity contribution is -0.133. The maximum Gasteiger partial charge on any atom is 0.411 e. The van der Waals surface area contributed by atoms with Gasteiger partial charge in [-0.2, -0.15) is 0 Å². The molecule has 5 rings (SSSR count). The van der Waals surface area contributed by atoms with Crippen LogP contribution in [0.1, 0.15) is 46.5 Å². The molecule has 11 nitrogen and oxygen atoms in total. The first-order chi connectivity index (χ1) is 18.9. The summed E-state index contributed by atoms with van der Waals surface area (Å²) >= 11 is 0. The predicted octanol–water partition coefficient (Wildman–Crippen LogP) is 3.63. The predicted molar refractivity (Wildman–Crippen MR) is 150 cm³/mol. The van der Waals surface area contributed by atoms with Gasteiger partial charge in [0.15, 0.2) is 0 Å². The average molecular weight is 570 g/mol. The smallest absolute Gasteiger partial charge is 0.411 e. The van der Waals surface area contributed by atoms with Crippen LogP contribution in [0.25, 0.3) is 10.8 Å². The molecule has 1 aromatic heterocycles. The van der Waals surface area contributed by atoms with Gasteiger partial charge in [0.05, 0.1) is 5.25 Å². The molecule has 0 bridgehead atoms. The third kappa shape index (κ3) is 5.91. The second-order valence-electron chi connectivity index (χ2n) is 11.7. The van der Waals surface area contributed by atoms with Gasteiger partial charge in [0, 0.05) is 30.2 Å². The van der Waals surface area contributed by atoms with E-state index in [-0.39, 0.29) is 24.9 Å². The molecule has 2 aliphatic carbocycles. The van der Waals surface area contributed by atoms with E-state index in [2.05, 4.69) is 21.6 Å². The SMILES string of the molecule is C=CC1CC1N(C(=O)NS(=O)(=O)C1CC1)C(=O)C1CC(Nc2nccc3ccccc23)CN1C(=O)OC(C)(C)C. The number of imide groups is 1. The number of nitrogens with one attached hydrogen (secondary N) is 2. The summed E-state index contributed by atoms with van der Waals surface area (Å²) in [6.07, 6.45) is 4.23. The fourth-order valence-electron chi connectivity index (χ4n) is 5.08. The molecule has 2 heterocycles. The van der Waals surface area contributed by atoms with E-state index in [1.54, 1.807) is 33.0 Å². The number of carbonyl (C=O) groups is 3. The Labute approximate surface area is 234 Å². The fourth-order valence-corrected chi connectivity index (χ4v) is 6.35. The number of fused-ring (bicyclic) bond motifs is 1. The van der Waals surface area contributed by atoms with Crippen LogP contribution in [0, 0.1) is 5.92 Å². The molecule has 1 aliphatic heterocycles. The summed E-state index contributed by atoms with van der Waals surface area (Å²) in [4.78, 5) is 47.4.